The van der Waals surface area contributed by atoms with E-state index < -0.39 is 16.9 Å². The molecule has 3 rings (SSSR count). The van der Waals surface area contributed by atoms with Gasteiger partial charge < -0.3 is 14.5 Å². The number of nitrogens with zero attached hydrogens (tertiary/aromatic N) is 4. The molecule has 2 aliphatic heterocycles. The van der Waals surface area contributed by atoms with Gasteiger partial charge in [0.05, 0.1) is 17.7 Å². The predicted octanol–water partition coefficient (Wildman–Crippen LogP) is 0.117. The molecule has 0 N–H and O–H groups in total. The van der Waals surface area contributed by atoms with Gasteiger partial charge >= 0.3 is 0 Å². The number of amides is 2. The standard InChI is InChI=1S/C17H22N4O6/c1-18-5-7-19(8-6-18)9-11-26-14-4-2-3-13-15(14)17(23)20(16(13)22)10-12-27-21(24)25/h2-4H,5-12H2,1H3. The molecule has 0 bridgehead atoms. The fourth-order valence-corrected chi connectivity index (χ4v) is 3.19. The third kappa shape index (κ3) is 4.34. The lowest BCUT2D eigenvalue weighted by Crippen LogP contribution is -2.45. The van der Waals surface area contributed by atoms with Crippen molar-refractivity contribution in [3.8, 4) is 5.75 Å². The number of likely N-dealkylation sites (N-methyl/N-ethyl adjacent to an activating group) is 1. The fraction of sp³-hybridized carbons (Fsp3) is 0.529. The van der Waals surface area contributed by atoms with E-state index in [0.717, 1.165) is 37.6 Å². The van der Waals surface area contributed by atoms with E-state index in [2.05, 4.69) is 21.7 Å². The quantitative estimate of drug-likeness (QED) is 0.357. The smallest absolute Gasteiger partial charge is 0.294 e. The van der Waals surface area contributed by atoms with E-state index in [1.54, 1.807) is 18.2 Å². The minimum Gasteiger partial charge on any atom is -0.491 e. The molecule has 1 aromatic rings. The maximum atomic E-state index is 12.6. The molecule has 0 saturated carbocycles. The van der Waals surface area contributed by atoms with E-state index in [9.17, 15) is 19.7 Å². The van der Waals surface area contributed by atoms with Crippen LogP contribution in [0.4, 0.5) is 0 Å². The molecule has 0 aliphatic carbocycles. The molecule has 0 atom stereocenters. The Bertz CT molecular complexity index is 732. The van der Waals surface area contributed by atoms with Crippen molar-refractivity contribution in [3.05, 3.63) is 39.4 Å². The van der Waals surface area contributed by atoms with E-state index in [1.807, 2.05) is 0 Å². The lowest BCUT2D eigenvalue weighted by molar-refractivity contribution is -0.757. The van der Waals surface area contributed by atoms with Crippen LogP contribution >= 0.6 is 0 Å². The van der Waals surface area contributed by atoms with Gasteiger partial charge in [0.25, 0.3) is 16.9 Å². The van der Waals surface area contributed by atoms with Gasteiger partial charge in [-0.15, -0.1) is 10.1 Å². The highest BCUT2D eigenvalue weighted by molar-refractivity contribution is 6.22. The van der Waals surface area contributed by atoms with Crippen molar-refractivity contribution in [2.45, 2.75) is 0 Å². The second-order valence-electron chi connectivity index (χ2n) is 6.49. The topological polar surface area (TPSA) is 105 Å². The molecule has 27 heavy (non-hydrogen) atoms. The third-order valence-electron chi connectivity index (χ3n) is 4.73. The van der Waals surface area contributed by atoms with Crippen LogP contribution in [0.2, 0.25) is 0 Å². The average Bonchev–Trinajstić information content (AvgIpc) is 2.89. The number of hydrogen-bond donors (Lipinski definition) is 0. The summed E-state index contributed by atoms with van der Waals surface area (Å²) in [5.41, 5.74) is 0.459. The van der Waals surface area contributed by atoms with E-state index in [4.69, 9.17) is 4.74 Å². The summed E-state index contributed by atoms with van der Waals surface area (Å²) in [7, 11) is 2.09. The van der Waals surface area contributed by atoms with Crippen molar-refractivity contribution < 1.29 is 24.3 Å². The molecular weight excluding hydrogens is 356 g/mol. The largest absolute Gasteiger partial charge is 0.491 e. The Morgan fingerprint density at radius 3 is 2.52 bits per heavy atom. The summed E-state index contributed by atoms with van der Waals surface area (Å²) >= 11 is 0. The van der Waals surface area contributed by atoms with Crippen LogP contribution in [0, 0.1) is 10.1 Å². The maximum absolute atomic E-state index is 12.6. The molecule has 2 amide bonds. The zero-order valence-electron chi connectivity index (χ0n) is 15.1. The van der Waals surface area contributed by atoms with Crippen molar-refractivity contribution in [2.24, 2.45) is 0 Å². The number of hydrogen-bond acceptors (Lipinski definition) is 8. The highest BCUT2D eigenvalue weighted by Gasteiger charge is 2.38. The number of piperazine rings is 1. The predicted molar refractivity (Wildman–Crippen MR) is 94.2 cm³/mol. The summed E-state index contributed by atoms with van der Waals surface area (Å²) < 4.78 is 5.79. The Labute approximate surface area is 156 Å². The molecule has 10 nitrogen and oxygen atoms in total. The van der Waals surface area contributed by atoms with Gasteiger partial charge in [-0.05, 0) is 19.2 Å². The lowest BCUT2D eigenvalue weighted by Gasteiger charge is -2.32. The van der Waals surface area contributed by atoms with Gasteiger partial charge in [-0.25, -0.2) is 0 Å². The van der Waals surface area contributed by atoms with Crippen LogP contribution in [0.3, 0.4) is 0 Å². The fourth-order valence-electron chi connectivity index (χ4n) is 3.19. The van der Waals surface area contributed by atoms with Crippen LogP contribution in [0.15, 0.2) is 18.2 Å². The number of ether oxygens (including phenoxy) is 1. The first-order valence-corrected chi connectivity index (χ1v) is 8.77. The molecule has 1 aromatic carbocycles. The second-order valence-corrected chi connectivity index (χ2v) is 6.49. The van der Waals surface area contributed by atoms with Crippen LogP contribution in [0.1, 0.15) is 20.7 Å². The number of benzene rings is 1. The van der Waals surface area contributed by atoms with Gasteiger partial charge in [0.2, 0.25) is 0 Å². The van der Waals surface area contributed by atoms with E-state index in [0.29, 0.717) is 12.4 Å². The summed E-state index contributed by atoms with van der Waals surface area (Å²) in [6.45, 7) is 4.55. The Balaban J connectivity index is 1.61. The molecule has 0 unspecified atom stereocenters. The second kappa shape index (κ2) is 8.31. The summed E-state index contributed by atoms with van der Waals surface area (Å²) in [6, 6.07) is 4.87. The summed E-state index contributed by atoms with van der Waals surface area (Å²) in [5, 5.41) is 9.29. The zero-order chi connectivity index (χ0) is 19.4. The summed E-state index contributed by atoms with van der Waals surface area (Å²) in [6.07, 6.45) is 0. The molecule has 0 radical (unpaired) electrons. The number of carbonyl (C=O) groups is 2. The van der Waals surface area contributed by atoms with Crippen molar-refractivity contribution in [2.75, 3.05) is 59.5 Å². The van der Waals surface area contributed by atoms with E-state index in [-0.39, 0.29) is 24.3 Å². The Morgan fingerprint density at radius 1 is 1.07 bits per heavy atom. The number of carbonyl (C=O) groups excluding carboxylic acids is 2. The molecule has 0 aromatic heterocycles. The van der Waals surface area contributed by atoms with Gasteiger partial charge in [0.15, 0.2) is 0 Å². The van der Waals surface area contributed by atoms with E-state index in [1.165, 1.54) is 0 Å². The Kier molecular flexibility index (Phi) is 5.87. The SMILES string of the molecule is CN1CCN(CCOc2cccc3c2C(=O)N(CCO[N+](=O)[O-])C3=O)CC1. The molecule has 1 fully saturated rings. The Hall–Kier alpha value is -2.72. The number of rotatable bonds is 8. The molecule has 1 saturated heterocycles. The highest BCUT2D eigenvalue weighted by Crippen LogP contribution is 2.30. The molecule has 0 spiro atoms. The minimum absolute atomic E-state index is 0.186. The molecule has 146 valence electrons. The van der Waals surface area contributed by atoms with Gasteiger partial charge in [-0.1, -0.05) is 6.07 Å². The molecule has 2 aliphatic rings. The normalized spacial score (nSPS) is 17.9. The van der Waals surface area contributed by atoms with Crippen molar-refractivity contribution in [1.82, 2.24) is 14.7 Å². The van der Waals surface area contributed by atoms with E-state index >= 15 is 0 Å². The van der Waals surface area contributed by atoms with Gasteiger partial charge in [0, 0.05) is 32.7 Å². The third-order valence-corrected chi connectivity index (χ3v) is 4.73. The Morgan fingerprint density at radius 2 is 1.81 bits per heavy atom. The average molecular weight is 378 g/mol. The first-order valence-electron chi connectivity index (χ1n) is 8.77. The molecular formula is C17H22N4O6. The van der Waals surface area contributed by atoms with Crippen LogP contribution in [0.25, 0.3) is 0 Å². The monoisotopic (exact) mass is 378 g/mol. The van der Waals surface area contributed by atoms with Crippen LogP contribution < -0.4 is 4.74 Å². The first kappa shape index (κ1) is 19.1. The lowest BCUT2D eigenvalue weighted by atomic mass is 10.1. The van der Waals surface area contributed by atoms with Crippen LogP contribution in [-0.2, 0) is 4.84 Å². The van der Waals surface area contributed by atoms with Crippen molar-refractivity contribution in [3.63, 3.8) is 0 Å². The van der Waals surface area contributed by atoms with Crippen LogP contribution in [-0.4, -0.2) is 91.1 Å². The minimum atomic E-state index is -0.953. The summed E-state index contributed by atoms with van der Waals surface area (Å²) in [4.78, 5) is 44.9. The zero-order valence-corrected chi connectivity index (χ0v) is 15.1. The number of fused-ring (bicyclic) bond motifs is 1. The highest BCUT2D eigenvalue weighted by atomic mass is 16.9. The number of imide groups is 1. The van der Waals surface area contributed by atoms with Gasteiger partial charge in [-0.3, -0.25) is 19.4 Å². The molecule has 2 heterocycles. The van der Waals surface area contributed by atoms with Crippen molar-refractivity contribution in [1.29, 1.82) is 0 Å². The maximum Gasteiger partial charge on any atom is 0.294 e. The van der Waals surface area contributed by atoms with Crippen LogP contribution in [0.5, 0.6) is 5.75 Å². The molecule has 10 heteroatoms. The summed E-state index contributed by atoms with van der Waals surface area (Å²) in [5.74, 6) is -0.652. The van der Waals surface area contributed by atoms with Gasteiger partial charge in [-0.2, -0.15) is 0 Å². The van der Waals surface area contributed by atoms with Crippen molar-refractivity contribution >= 4 is 11.8 Å². The first-order chi connectivity index (χ1) is 13.0. The van der Waals surface area contributed by atoms with Gasteiger partial charge in [0.1, 0.15) is 19.0 Å².